The number of nitrogens with two attached hydrogens (primary N) is 1. The maximum atomic E-state index is 13.7. The number of aromatic nitrogens is 3. The van der Waals surface area contributed by atoms with Crippen molar-refractivity contribution in [2.24, 2.45) is 12.8 Å². The van der Waals surface area contributed by atoms with Crippen LogP contribution in [0.1, 0.15) is 15.9 Å². The number of amides is 1. The van der Waals surface area contributed by atoms with Crippen molar-refractivity contribution in [3.63, 3.8) is 0 Å². The zero-order valence-corrected chi connectivity index (χ0v) is 15.8. The molecule has 0 radical (unpaired) electrons. The number of benzene rings is 2. The van der Waals surface area contributed by atoms with E-state index in [2.05, 4.69) is 4.98 Å². The molecule has 9 heteroatoms. The molecule has 0 atom stereocenters. The quantitative estimate of drug-likeness (QED) is 0.548. The lowest BCUT2D eigenvalue weighted by Gasteiger charge is -2.08. The minimum Gasteiger partial charge on any atom is -0.436 e. The van der Waals surface area contributed by atoms with Gasteiger partial charge in [-0.15, -0.1) is 0 Å². The molecule has 2 aromatic heterocycles. The van der Waals surface area contributed by atoms with Gasteiger partial charge in [0.05, 0.1) is 17.6 Å². The Balaban J connectivity index is 1.62. The normalized spacial score (nSPS) is 11.0. The van der Waals surface area contributed by atoms with Gasteiger partial charge in [0.25, 0.3) is 0 Å². The number of carbonyl (C=O) groups excluding carboxylic acids is 1. The molecule has 1 amide bonds. The fourth-order valence-corrected chi connectivity index (χ4v) is 3.13. The number of fused-ring (bicyclic) bond motifs is 1. The SMILES string of the molecule is Cn1c(=O)n(Cc2ccc(Oc3ccc(F)cc3F)nc2)c2cc(C(N)=O)ccc21. The summed E-state index contributed by atoms with van der Waals surface area (Å²) in [5.74, 6) is -2.17. The Hall–Kier alpha value is -4.01. The number of hydrogen-bond donors (Lipinski definition) is 1. The van der Waals surface area contributed by atoms with Crippen molar-refractivity contribution in [2.75, 3.05) is 0 Å². The van der Waals surface area contributed by atoms with E-state index >= 15 is 0 Å². The molecule has 30 heavy (non-hydrogen) atoms. The van der Waals surface area contributed by atoms with E-state index in [9.17, 15) is 18.4 Å². The number of pyridine rings is 1. The highest BCUT2D eigenvalue weighted by atomic mass is 19.1. The summed E-state index contributed by atoms with van der Waals surface area (Å²) in [4.78, 5) is 28.2. The summed E-state index contributed by atoms with van der Waals surface area (Å²) in [5, 5.41) is 0. The van der Waals surface area contributed by atoms with Gasteiger partial charge in [-0.05, 0) is 35.9 Å². The molecule has 4 aromatic rings. The Bertz CT molecular complexity index is 1330. The Morgan fingerprint density at radius 3 is 2.57 bits per heavy atom. The summed E-state index contributed by atoms with van der Waals surface area (Å²) in [7, 11) is 1.64. The second-order valence-electron chi connectivity index (χ2n) is 6.68. The monoisotopic (exact) mass is 410 g/mol. The standard InChI is InChI=1S/C21H16F2N4O3/c1-26-16-5-3-13(20(24)28)8-17(16)27(21(26)29)11-12-2-7-19(25-10-12)30-18-6-4-14(22)9-15(18)23/h2-10H,11H2,1H3,(H2,24,28). The number of hydrogen-bond acceptors (Lipinski definition) is 4. The van der Waals surface area contributed by atoms with E-state index in [0.717, 1.165) is 12.1 Å². The molecule has 0 fully saturated rings. The van der Waals surface area contributed by atoms with Crippen molar-refractivity contribution in [2.45, 2.75) is 6.54 Å². The third-order valence-electron chi connectivity index (χ3n) is 4.68. The number of primary amides is 1. The highest BCUT2D eigenvalue weighted by Crippen LogP contribution is 2.24. The van der Waals surface area contributed by atoms with E-state index in [1.54, 1.807) is 31.3 Å². The van der Waals surface area contributed by atoms with Gasteiger partial charge in [-0.3, -0.25) is 13.9 Å². The van der Waals surface area contributed by atoms with Crippen molar-refractivity contribution >= 4 is 16.9 Å². The van der Waals surface area contributed by atoms with Gasteiger partial charge in [-0.1, -0.05) is 6.07 Å². The number of halogens is 2. The molecule has 0 saturated heterocycles. The highest BCUT2D eigenvalue weighted by Gasteiger charge is 2.14. The first kappa shape index (κ1) is 19.3. The number of carbonyl (C=O) groups is 1. The lowest BCUT2D eigenvalue weighted by molar-refractivity contribution is 0.100. The van der Waals surface area contributed by atoms with Gasteiger partial charge in [-0.2, -0.15) is 0 Å². The summed E-state index contributed by atoms with van der Waals surface area (Å²) < 4.78 is 35.0. The fraction of sp³-hybridized carbons (Fsp3) is 0.0952. The van der Waals surface area contributed by atoms with Crippen LogP contribution in [0.15, 0.2) is 59.5 Å². The predicted molar refractivity (Wildman–Crippen MR) is 105 cm³/mol. The van der Waals surface area contributed by atoms with Crippen molar-refractivity contribution in [1.82, 2.24) is 14.1 Å². The van der Waals surface area contributed by atoms with Crippen LogP contribution in [0.4, 0.5) is 8.78 Å². The molecule has 0 saturated carbocycles. The molecular formula is C21H16F2N4O3. The number of aryl methyl sites for hydroxylation is 1. The topological polar surface area (TPSA) is 92.1 Å². The van der Waals surface area contributed by atoms with Gasteiger partial charge in [0.1, 0.15) is 5.82 Å². The second kappa shape index (κ2) is 7.43. The molecule has 0 aliphatic rings. The van der Waals surface area contributed by atoms with E-state index in [1.807, 2.05) is 0 Å². The van der Waals surface area contributed by atoms with Gasteiger partial charge in [0.2, 0.25) is 11.8 Å². The Kier molecular flexibility index (Phi) is 4.78. The molecule has 2 heterocycles. The second-order valence-corrected chi connectivity index (χ2v) is 6.68. The smallest absolute Gasteiger partial charge is 0.329 e. The van der Waals surface area contributed by atoms with E-state index in [0.29, 0.717) is 22.2 Å². The predicted octanol–water partition coefficient (Wildman–Crippen LogP) is 2.95. The van der Waals surface area contributed by atoms with Crippen LogP contribution in [-0.4, -0.2) is 20.0 Å². The van der Waals surface area contributed by atoms with Gasteiger partial charge >= 0.3 is 5.69 Å². The van der Waals surface area contributed by atoms with E-state index in [-0.39, 0.29) is 23.9 Å². The van der Waals surface area contributed by atoms with Gasteiger partial charge < -0.3 is 10.5 Å². The maximum Gasteiger partial charge on any atom is 0.329 e. The van der Waals surface area contributed by atoms with Crippen molar-refractivity contribution in [1.29, 1.82) is 0 Å². The summed E-state index contributed by atoms with van der Waals surface area (Å²) in [6.07, 6.45) is 1.49. The summed E-state index contributed by atoms with van der Waals surface area (Å²) in [6.45, 7) is 0.191. The summed E-state index contributed by atoms with van der Waals surface area (Å²) >= 11 is 0. The first-order valence-electron chi connectivity index (χ1n) is 8.90. The molecule has 0 unspecified atom stereocenters. The Morgan fingerprint density at radius 2 is 1.90 bits per heavy atom. The van der Waals surface area contributed by atoms with Crippen LogP contribution in [0.5, 0.6) is 11.6 Å². The van der Waals surface area contributed by atoms with E-state index in [1.165, 1.54) is 27.5 Å². The number of rotatable bonds is 5. The van der Waals surface area contributed by atoms with Crippen LogP contribution in [0.2, 0.25) is 0 Å². The summed E-state index contributed by atoms with van der Waals surface area (Å²) in [6, 6.07) is 11.0. The van der Waals surface area contributed by atoms with Crippen molar-refractivity contribution < 1.29 is 18.3 Å². The first-order chi connectivity index (χ1) is 14.3. The highest BCUT2D eigenvalue weighted by molar-refractivity contribution is 5.96. The van der Waals surface area contributed by atoms with Gasteiger partial charge in [0.15, 0.2) is 11.6 Å². The molecule has 0 aliphatic carbocycles. The Labute approximate surface area is 168 Å². The first-order valence-corrected chi connectivity index (χ1v) is 8.90. The zero-order valence-electron chi connectivity index (χ0n) is 15.8. The van der Waals surface area contributed by atoms with Crippen molar-refractivity contribution in [3.05, 3.63) is 88.0 Å². The van der Waals surface area contributed by atoms with Crippen molar-refractivity contribution in [3.8, 4) is 11.6 Å². The molecule has 0 spiro atoms. The average Bonchev–Trinajstić information content (AvgIpc) is 2.96. The van der Waals surface area contributed by atoms with E-state index in [4.69, 9.17) is 10.5 Å². The molecular weight excluding hydrogens is 394 g/mol. The average molecular weight is 410 g/mol. The van der Waals surface area contributed by atoms with Gasteiger partial charge in [0, 0.05) is 30.9 Å². The number of nitrogens with zero attached hydrogens (tertiary/aromatic N) is 3. The van der Waals surface area contributed by atoms with Crippen LogP contribution in [0.3, 0.4) is 0 Å². The summed E-state index contributed by atoms with van der Waals surface area (Å²) in [5.41, 5.74) is 7.28. The third kappa shape index (κ3) is 3.52. The lowest BCUT2D eigenvalue weighted by atomic mass is 10.2. The van der Waals surface area contributed by atoms with Crippen LogP contribution in [0.25, 0.3) is 11.0 Å². The minimum atomic E-state index is -0.839. The number of imidazole rings is 1. The molecule has 7 nitrogen and oxygen atoms in total. The maximum absolute atomic E-state index is 13.7. The fourth-order valence-electron chi connectivity index (χ4n) is 3.13. The van der Waals surface area contributed by atoms with Gasteiger partial charge in [-0.25, -0.2) is 18.6 Å². The van der Waals surface area contributed by atoms with Crippen LogP contribution >= 0.6 is 0 Å². The third-order valence-corrected chi connectivity index (χ3v) is 4.68. The van der Waals surface area contributed by atoms with Crippen LogP contribution in [0, 0.1) is 11.6 Å². The molecule has 0 bridgehead atoms. The molecule has 2 N–H and O–H groups in total. The van der Waals surface area contributed by atoms with Crippen LogP contribution in [-0.2, 0) is 13.6 Å². The molecule has 0 aliphatic heterocycles. The lowest BCUT2D eigenvalue weighted by Crippen LogP contribution is -2.22. The Morgan fingerprint density at radius 1 is 1.10 bits per heavy atom. The molecule has 152 valence electrons. The molecule has 4 rings (SSSR count). The van der Waals surface area contributed by atoms with Crippen LogP contribution < -0.4 is 16.2 Å². The minimum absolute atomic E-state index is 0.116. The van der Waals surface area contributed by atoms with E-state index < -0.39 is 17.5 Å². The number of ether oxygens (including phenoxy) is 1. The molecule has 2 aromatic carbocycles. The largest absolute Gasteiger partial charge is 0.436 e. The zero-order chi connectivity index (χ0) is 21.4.